The van der Waals surface area contributed by atoms with Crippen LogP contribution in [-0.4, -0.2) is 19.8 Å². The summed E-state index contributed by atoms with van der Waals surface area (Å²) >= 11 is 0. The first kappa shape index (κ1) is 12.4. The molecule has 1 unspecified atom stereocenters. The molecule has 0 radical (unpaired) electrons. The van der Waals surface area contributed by atoms with Crippen LogP contribution >= 0.6 is 0 Å². The zero-order chi connectivity index (χ0) is 13.6. The standard InChI is InChI=1S/C14H19N3O2/c1-9-15-13(19-16-9)8-17-5-4-10-11(17)6-14(2,3)7-12(10)18/h4-5,12,18H,6-8H2,1-3H3. The first-order valence-electron chi connectivity index (χ1n) is 6.60. The summed E-state index contributed by atoms with van der Waals surface area (Å²) in [6.45, 7) is 6.75. The quantitative estimate of drug-likeness (QED) is 0.900. The molecule has 0 aromatic carbocycles. The van der Waals surface area contributed by atoms with Gasteiger partial charge in [0, 0.05) is 17.5 Å². The summed E-state index contributed by atoms with van der Waals surface area (Å²) in [6.07, 6.45) is 3.39. The van der Waals surface area contributed by atoms with Gasteiger partial charge in [0.2, 0.25) is 5.89 Å². The maximum absolute atomic E-state index is 10.2. The van der Waals surface area contributed by atoms with E-state index in [1.54, 1.807) is 0 Å². The van der Waals surface area contributed by atoms with Crippen LogP contribution < -0.4 is 0 Å². The van der Waals surface area contributed by atoms with Gasteiger partial charge in [0.15, 0.2) is 5.82 Å². The van der Waals surface area contributed by atoms with Crippen molar-refractivity contribution in [1.82, 2.24) is 14.7 Å². The Morgan fingerprint density at radius 1 is 1.53 bits per heavy atom. The van der Waals surface area contributed by atoms with Gasteiger partial charge in [-0.2, -0.15) is 4.98 Å². The number of hydrogen-bond acceptors (Lipinski definition) is 4. The fourth-order valence-electron chi connectivity index (χ4n) is 2.89. The highest BCUT2D eigenvalue weighted by atomic mass is 16.5. The number of nitrogens with zero attached hydrogens (tertiary/aromatic N) is 3. The molecule has 0 amide bonds. The highest BCUT2D eigenvalue weighted by molar-refractivity contribution is 5.29. The number of rotatable bonds is 2. The molecule has 5 nitrogen and oxygen atoms in total. The molecular formula is C14H19N3O2. The summed E-state index contributed by atoms with van der Waals surface area (Å²) in [5.74, 6) is 1.25. The van der Waals surface area contributed by atoms with Gasteiger partial charge in [-0.1, -0.05) is 19.0 Å². The largest absolute Gasteiger partial charge is 0.388 e. The molecule has 2 heterocycles. The Hall–Kier alpha value is -1.62. The minimum absolute atomic E-state index is 0.118. The van der Waals surface area contributed by atoms with E-state index < -0.39 is 0 Å². The molecule has 102 valence electrons. The lowest BCUT2D eigenvalue weighted by Gasteiger charge is -2.33. The second-order valence-electron chi connectivity index (χ2n) is 6.14. The molecule has 1 aliphatic carbocycles. The number of aliphatic hydroxyl groups excluding tert-OH is 1. The van der Waals surface area contributed by atoms with E-state index in [1.807, 2.05) is 19.2 Å². The fourth-order valence-corrected chi connectivity index (χ4v) is 2.89. The van der Waals surface area contributed by atoms with Crippen molar-refractivity contribution in [3.05, 3.63) is 35.2 Å². The molecule has 1 aliphatic rings. The first-order valence-corrected chi connectivity index (χ1v) is 6.60. The number of aliphatic hydroxyl groups is 1. The van der Waals surface area contributed by atoms with Crippen molar-refractivity contribution in [2.24, 2.45) is 5.41 Å². The van der Waals surface area contributed by atoms with Gasteiger partial charge >= 0.3 is 0 Å². The molecule has 19 heavy (non-hydrogen) atoms. The predicted molar refractivity (Wildman–Crippen MR) is 69.6 cm³/mol. The van der Waals surface area contributed by atoms with E-state index in [0.29, 0.717) is 18.3 Å². The molecule has 3 rings (SSSR count). The van der Waals surface area contributed by atoms with Crippen molar-refractivity contribution < 1.29 is 9.63 Å². The molecule has 5 heteroatoms. The van der Waals surface area contributed by atoms with E-state index in [1.165, 1.54) is 5.69 Å². The van der Waals surface area contributed by atoms with Crippen LogP contribution in [0.2, 0.25) is 0 Å². The second kappa shape index (κ2) is 4.20. The molecule has 1 atom stereocenters. The number of aromatic nitrogens is 3. The van der Waals surface area contributed by atoms with E-state index >= 15 is 0 Å². The summed E-state index contributed by atoms with van der Waals surface area (Å²) in [5.41, 5.74) is 2.34. The molecule has 2 aromatic heterocycles. The maximum Gasteiger partial charge on any atom is 0.246 e. The fraction of sp³-hybridized carbons (Fsp3) is 0.571. The predicted octanol–water partition coefficient (Wildman–Crippen LogP) is 2.23. The minimum Gasteiger partial charge on any atom is -0.388 e. The molecule has 0 spiro atoms. The van der Waals surface area contributed by atoms with E-state index in [9.17, 15) is 5.11 Å². The normalized spacial score (nSPS) is 21.4. The Kier molecular flexibility index (Phi) is 2.74. The van der Waals surface area contributed by atoms with Crippen LogP contribution in [0.1, 0.15) is 49.3 Å². The third-order valence-corrected chi connectivity index (χ3v) is 3.74. The summed E-state index contributed by atoms with van der Waals surface area (Å²) in [4.78, 5) is 4.23. The average molecular weight is 261 g/mol. The average Bonchev–Trinajstić information content (AvgIpc) is 2.86. The SMILES string of the molecule is Cc1noc(Cn2ccc3c2CC(C)(C)CC3O)n1. The van der Waals surface area contributed by atoms with Crippen LogP contribution in [0.15, 0.2) is 16.8 Å². The van der Waals surface area contributed by atoms with Gasteiger partial charge < -0.3 is 14.2 Å². The van der Waals surface area contributed by atoms with Crippen LogP contribution in [0.25, 0.3) is 0 Å². The molecule has 0 saturated heterocycles. The third-order valence-electron chi connectivity index (χ3n) is 3.74. The van der Waals surface area contributed by atoms with Crippen molar-refractivity contribution >= 4 is 0 Å². The van der Waals surface area contributed by atoms with Crippen LogP contribution in [0.4, 0.5) is 0 Å². The number of fused-ring (bicyclic) bond motifs is 1. The van der Waals surface area contributed by atoms with Gasteiger partial charge in [-0.15, -0.1) is 0 Å². The zero-order valence-electron chi connectivity index (χ0n) is 11.6. The maximum atomic E-state index is 10.2. The van der Waals surface area contributed by atoms with E-state index in [0.717, 1.165) is 18.4 Å². The smallest absolute Gasteiger partial charge is 0.246 e. The molecule has 0 saturated carbocycles. The lowest BCUT2D eigenvalue weighted by molar-refractivity contribution is 0.0979. The Balaban J connectivity index is 1.92. The van der Waals surface area contributed by atoms with Crippen LogP contribution in [0.3, 0.4) is 0 Å². The van der Waals surface area contributed by atoms with Crippen LogP contribution in [-0.2, 0) is 13.0 Å². The van der Waals surface area contributed by atoms with E-state index in [4.69, 9.17) is 4.52 Å². The Morgan fingerprint density at radius 3 is 3.00 bits per heavy atom. The van der Waals surface area contributed by atoms with Crippen molar-refractivity contribution in [2.75, 3.05) is 0 Å². The van der Waals surface area contributed by atoms with Gasteiger partial charge in [0.25, 0.3) is 0 Å². The van der Waals surface area contributed by atoms with Gasteiger partial charge in [-0.25, -0.2) is 0 Å². The molecule has 2 aromatic rings. The number of hydrogen-bond donors (Lipinski definition) is 1. The Labute approximate surface area is 112 Å². The molecule has 0 aliphatic heterocycles. The minimum atomic E-state index is -0.371. The van der Waals surface area contributed by atoms with E-state index in [2.05, 4.69) is 28.6 Å². The van der Waals surface area contributed by atoms with Crippen molar-refractivity contribution in [2.45, 2.75) is 46.3 Å². The van der Waals surface area contributed by atoms with Gasteiger partial charge in [0.05, 0.1) is 6.10 Å². The highest BCUT2D eigenvalue weighted by Crippen LogP contribution is 2.41. The van der Waals surface area contributed by atoms with Gasteiger partial charge in [-0.3, -0.25) is 0 Å². The summed E-state index contributed by atoms with van der Waals surface area (Å²) < 4.78 is 7.27. The second-order valence-corrected chi connectivity index (χ2v) is 6.14. The highest BCUT2D eigenvalue weighted by Gasteiger charge is 2.33. The summed E-state index contributed by atoms with van der Waals surface area (Å²) in [5, 5.41) is 14.0. The van der Waals surface area contributed by atoms with Crippen molar-refractivity contribution in [3.8, 4) is 0 Å². The lowest BCUT2D eigenvalue weighted by atomic mass is 9.75. The third kappa shape index (κ3) is 2.30. The lowest BCUT2D eigenvalue weighted by Crippen LogP contribution is -2.26. The molecule has 1 N–H and O–H groups in total. The van der Waals surface area contributed by atoms with Gasteiger partial charge in [-0.05, 0) is 31.2 Å². The molecule has 0 bridgehead atoms. The van der Waals surface area contributed by atoms with Gasteiger partial charge in [0.1, 0.15) is 6.54 Å². The molecular weight excluding hydrogens is 242 g/mol. The van der Waals surface area contributed by atoms with Crippen LogP contribution in [0.5, 0.6) is 0 Å². The van der Waals surface area contributed by atoms with Crippen molar-refractivity contribution in [1.29, 1.82) is 0 Å². The number of aryl methyl sites for hydroxylation is 1. The summed E-state index contributed by atoms with van der Waals surface area (Å²) in [7, 11) is 0. The molecule has 0 fully saturated rings. The Morgan fingerprint density at radius 2 is 2.32 bits per heavy atom. The monoisotopic (exact) mass is 261 g/mol. The van der Waals surface area contributed by atoms with Crippen molar-refractivity contribution in [3.63, 3.8) is 0 Å². The Bertz CT molecular complexity index is 598. The zero-order valence-corrected chi connectivity index (χ0v) is 11.6. The topological polar surface area (TPSA) is 64.1 Å². The summed E-state index contributed by atoms with van der Waals surface area (Å²) in [6, 6.07) is 2.00. The van der Waals surface area contributed by atoms with E-state index in [-0.39, 0.29) is 11.5 Å². The van der Waals surface area contributed by atoms with Crippen LogP contribution in [0, 0.1) is 12.3 Å². The first-order chi connectivity index (χ1) is 8.94.